The topological polar surface area (TPSA) is 8.17 Å². The van der Waals surface area contributed by atoms with Crippen LogP contribution in [0.25, 0.3) is 58.8 Å². The van der Waals surface area contributed by atoms with Crippen molar-refractivity contribution < 1.29 is 0 Å². The fraction of sp³-hybridized carbons (Fsp3) is 0.0175. The second-order valence-corrected chi connectivity index (χ2v) is 17.8. The molecule has 12 rings (SSSR count). The summed E-state index contributed by atoms with van der Waals surface area (Å²) in [4.78, 5) is 4.98. The molecule has 0 fully saturated rings. The minimum atomic E-state index is -0.494. The molecule has 11 aromatic rings. The lowest BCUT2D eigenvalue weighted by Crippen LogP contribution is -2.28. The summed E-state index contributed by atoms with van der Waals surface area (Å²) >= 11 is 3.74. The minimum absolute atomic E-state index is 0.494. The maximum Gasteiger partial charge on any atom is 0.101 e. The van der Waals surface area contributed by atoms with Gasteiger partial charge in [0, 0.05) is 32.2 Å². The highest BCUT2D eigenvalue weighted by Crippen LogP contribution is 2.57. The van der Waals surface area contributed by atoms with Crippen LogP contribution in [-0.2, 0) is 5.41 Å². The van der Waals surface area contributed by atoms with Gasteiger partial charge in [0.15, 0.2) is 0 Å². The van der Waals surface area contributed by atoms with E-state index in [0.29, 0.717) is 0 Å². The number of nitrogens with zero attached hydrogens (tertiary/aromatic N) is 2. The molecule has 288 valence electrons. The summed E-state index contributed by atoms with van der Waals surface area (Å²) in [7, 11) is 0. The molecule has 4 heteroatoms. The zero-order chi connectivity index (χ0) is 40.3. The summed E-state index contributed by atoms with van der Waals surface area (Å²) < 4.78 is 3.72. The van der Waals surface area contributed by atoms with E-state index < -0.39 is 5.41 Å². The maximum atomic E-state index is 2.47. The Morgan fingerprint density at radius 2 is 0.984 bits per heavy atom. The van der Waals surface area contributed by atoms with Gasteiger partial charge in [-0.15, -0.1) is 22.7 Å². The summed E-state index contributed by atoms with van der Waals surface area (Å²) in [6.07, 6.45) is 0. The van der Waals surface area contributed by atoms with Gasteiger partial charge >= 0.3 is 0 Å². The van der Waals surface area contributed by atoms with E-state index in [0.717, 1.165) is 16.4 Å². The standard InChI is InChI=1S/C57H38N2S2/c1-5-17-39(18-6-1)40-29-31-44(32-30-40)58(55-36-35-53(60-55)54-38-52-56(61-54)48-26-14-16-28-51(48)59(52)43-23-11-4-12-24-43)45-33-34-47-46-25-13-15-27-49(46)57(50(47)37-45,41-19-7-2-8-20-41)42-21-9-3-10-22-42/h1-38H. The molecule has 0 unspecified atom stereocenters. The first-order chi connectivity index (χ1) is 30.3. The van der Waals surface area contributed by atoms with Crippen LogP contribution in [0.4, 0.5) is 16.4 Å². The Morgan fingerprint density at radius 1 is 0.393 bits per heavy atom. The third-order valence-corrected chi connectivity index (χ3v) is 14.8. The first kappa shape index (κ1) is 35.7. The van der Waals surface area contributed by atoms with Crippen LogP contribution < -0.4 is 4.90 Å². The number of anilines is 3. The van der Waals surface area contributed by atoms with Crippen molar-refractivity contribution in [3.05, 3.63) is 253 Å². The van der Waals surface area contributed by atoms with E-state index in [1.54, 1.807) is 0 Å². The molecule has 0 bridgehead atoms. The number of fused-ring (bicyclic) bond motifs is 6. The summed E-state index contributed by atoms with van der Waals surface area (Å²) in [6, 6.07) is 84.5. The first-order valence-corrected chi connectivity index (χ1v) is 22.4. The Kier molecular flexibility index (Phi) is 8.48. The van der Waals surface area contributed by atoms with Crippen LogP contribution in [0.1, 0.15) is 22.3 Å². The molecule has 3 heterocycles. The SMILES string of the molecule is c1ccc(-c2ccc(N(c3ccc4c(c3)C(c3ccccc3)(c3ccccc3)c3ccccc3-4)c3ccc(-c4cc5c(s4)c4ccccc4n5-c4ccccc4)s3)cc2)cc1. The number of aromatic nitrogens is 1. The van der Waals surface area contributed by atoms with Gasteiger partial charge in [-0.05, 0) is 105 Å². The normalized spacial score (nSPS) is 12.7. The zero-order valence-corrected chi connectivity index (χ0v) is 34.8. The maximum absolute atomic E-state index is 2.47. The molecule has 1 aliphatic rings. The van der Waals surface area contributed by atoms with Gasteiger partial charge in [0.05, 0.1) is 21.1 Å². The number of para-hydroxylation sites is 2. The molecule has 0 saturated carbocycles. The molecule has 8 aromatic carbocycles. The van der Waals surface area contributed by atoms with Gasteiger partial charge in [-0.3, -0.25) is 0 Å². The van der Waals surface area contributed by atoms with Crippen molar-refractivity contribution in [2.24, 2.45) is 0 Å². The summed E-state index contributed by atoms with van der Waals surface area (Å²) in [6.45, 7) is 0. The van der Waals surface area contributed by atoms with E-state index in [4.69, 9.17) is 0 Å². The molecular formula is C57H38N2S2. The van der Waals surface area contributed by atoms with Crippen molar-refractivity contribution in [3.63, 3.8) is 0 Å². The second kappa shape index (κ2) is 14.5. The smallest absolute Gasteiger partial charge is 0.101 e. The van der Waals surface area contributed by atoms with E-state index in [1.165, 1.54) is 81.1 Å². The summed E-state index contributed by atoms with van der Waals surface area (Å²) in [5, 5.41) is 2.45. The average molecular weight is 815 g/mol. The van der Waals surface area contributed by atoms with Crippen molar-refractivity contribution >= 4 is 60.2 Å². The van der Waals surface area contributed by atoms with Crippen LogP contribution in [0.5, 0.6) is 0 Å². The lowest BCUT2D eigenvalue weighted by Gasteiger charge is -2.34. The summed E-state index contributed by atoms with van der Waals surface area (Å²) in [5.74, 6) is 0. The van der Waals surface area contributed by atoms with E-state index in [9.17, 15) is 0 Å². The Hall–Kier alpha value is -7.24. The Bertz CT molecular complexity index is 3300. The number of hydrogen-bond acceptors (Lipinski definition) is 3. The third-order valence-electron chi connectivity index (χ3n) is 12.3. The van der Waals surface area contributed by atoms with Crippen molar-refractivity contribution in [3.8, 4) is 37.7 Å². The predicted molar refractivity (Wildman–Crippen MR) is 259 cm³/mol. The Labute approximate surface area is 363 Å². The fourth-order valence-corrected chi connectivity index (χ4v) is 12.0. The van der Waals surface area contributed by atoms with Gasteiger partial charge < -0.3 is 9.47 Å². The van der Waals surface area contributed by atoms with E-state index in [1.807, 2.05) is 22.7 Å². The van der Waals surface area contributed by atoms with Gasteiger partial charge in [0.25, 0.3) is 0 Å². The summed E-state index contributed by atoms with van der Waals surface area (Å²) in [5.41, 5.74) is 15.5. The first-order valence-electron chi connectivity index (χ1n) is 20.8. The van der Waals surface area contributed by atoms with Crippen LogP contribution in [0.3, 0.4) is 0 Å². The molecule has 0 radical (unpaired) electrons. The van der Waals surface area contributed by atoms with Crippen molar-refractivity contribution in [2.45, 2.75) is 5.41 Å². The van der Waals surface area contributed by atoms with Crippen LogP contribution in [0, 0.1) is 0 Å². The predicted octanol–water partition coefficient (Wildman–Crippen LogP) is 16.1. The molecule has 0 atom stereocenters. The number of benzene rings is 8. The third kappa shape index (κ3) is 5.68. The van der Waals surface area contributed by atoms with Gasteiger partial charge in [-0.25, -0.2) is 0 Å². The Morgan fingerprint density at radius 3 is 1.72 bits per heavy atom. The lowest BCUT2D eigenvalue weighted by molar-refractivity contribution is 0.768. The van der Waals surface area contributed by atoms with Crippen molar-refractivity contribution in [1.82, 2.24) is 4.57 Å². The molecule has 2 nitrogen and oxygen atoms in total. The monoisotopic (exact) mass is 814 g/mol. The van der Waals surface area contributed by atoms with E-state index >= 15 is 0 Å². The van der Waals surface area contributed by atoms with E-state index in [2.05, 4.69) is 240 Å². The molecule has 0 N–H and O–H groups in total. The van der Waals surface area contributed by atoms with E-state index in [-0.39, 0.29) is 0 Å². The zero-order valence-electron chi connectivity index (χ0n) is 33.2. The molecule has 61 heavy (non-hydrogen) atoms. The average Bonchev–Trinajstić information content (AvgIpc) is 4.12. The number of thiophene rings is 2. The van der Waals surface area contributed by atoms with Gasteiger partial charge in [-0.1, -0.05) is 170 Å². The van der Waals surface area contributed by atoms with Gasteiger partial charge in [0.1, 0.15) is 5.00 Å². The van der Waals surface area contributed by atoms with Crippen LogP contribution >= 0.6 is 22.7 Å². The largest absolute Gasteiger partial charge is 0.308 e. The highest BCUT2D eigenvalue weighted by molar-refractivity contribution is 7.27. The van der Waals surface area contributed by atoms with Crippen LogP contribution in [-0.4, -0.2) is 4.57 Å². The molecule has 0 saturated heterocycles. The fourth-order valence-electron chi connectivity index (χ4n) is 9.70. The number of hydrogen-bond donors (Lipinski definition) is 0. The highest BCUT2D eigenvalue weighted by atomic mass is 32.1. The molecule has 0 spiro atoms. The quantitative estimate of drug-likeness (QED) is 0.148. The second-order valence-electron chi connectivity index (χ2n) is 15.7. The van der Waals surface area contributed by atoms with Crippen LogP contribution in [0.15, 0.2) is 231 Å². The molecule has 1 aliphatic carbocycles. The molecular weight excluding hydrogens is 777 g/mol. The Balaban J connectivity index is 1.04. The number of rotatable bonds is 8. The van der Waals surface area contributed by atoms with Crippen LogP contribution in [0.2, 0.25) is 0 Å². The van der Waals surface area contributed by atoms with Crippen molar-refractivity contribution in [2.75, 3.05) is 4.90 Å². The highest BCUT2D eigenvalue weighted by Gasteiger charge is 2.46. The van der Waals surface area contributed by atoms with Gasteiger partial charge in [0.2, 0.25) is 0 Å². The van der Waals surface area contributed by atoms with Crippen molar-refractivity contribution in [1.29, 1.82) is 0 Å². The molecule has 3 aromatic heterocycles. The lowest BCUT2D eigenvalue weighted by atomic mass is 9.67. The minimum Gasteiger partial charge on any atom is -0.308 e. The molecule has 0 aliphatic heterocycles. The van der Waals surface area contributed by atoms with Gasteiger partial charge in [-0.2, -0.15) is 0 Å². The molecule has 0 amide bonds.